The molecule has 0 aromatic rings. The monoisotopic (exact) mass is 937 g/mol. The van der Waals surface area contributed by atoms with Crippen LogP contribution in [0.1, 0.15) is 163 Å². The summed E-state index contributed by atoms with van der Waals surface area (Å²) in [5.41, 5.74) is 16.2. The fourth-order valence-corrected chi connectivity index (χ4v) is 40.1. The summed E-state index contributed by atoms with van der Waals surface area (Å²) < 4.78 is 40.8. The molecule has 0 aromatic carbocycles. The number of fused-ring (bicyclic) bond motifs is 8. The molecule has 5 nitrogen and oxygen atoms in total. The largest absolute Gasteiger partial charge is 0.475 e. The van der Waals surface area contributed by atoms with Crippen LogP contribution in [-0.4, -0.2) is 51.6 Å². The van der Waals surface area contributed by atoms with E-state index in [1.165, 1.54) is 122 Å². The van der Waals surface area contributed by atoms with Crippen LogP contribution in [0, 0.1) is 23.7 Å². The molecule has 5 saturated carbocycles. The molecular formula is C50H88O5Si6. The van der Waals surface area contributed by atoms with Gasteiger partial charge >= 0.3 is 18.3 Å². The van der Waals surface area contributed by atoms with Crippen LogP contribution >= 0.6 is 0 Å². The lowest BCUT2D eigenvalue weighted by Gasteiger charge is -2.51. The molecule has 8 bridgehead atoms. The first kappa shape index (κ1) is 46.2. The molecule has 342 valence electrons. The molecule has 61 heavy (non-hydrogen) atoms. The molecule has 0 amide bonds. The summed E-state index contributed by atoms with van der Waals surface area (Å²) in [5, 5.41) is 0. The topological polar surface area (TPSA) is 46.2 Å². The second kappa shape index (κ2) is 17.3. The van der Waals surface area contributed by atoms with E-state index in [1.807, 2.05) is 0 Å². The van der Waals surface area contributed by atoms with Gasteiger partial charge in [0.2, 0.25) is 0 Å². The normalized spacial score (nSPS) is 31.7. The van der Waals surface area contributed by atoms with E-state index in [0.717, 1.165) is 36.5 Å². The van der Waals surface area contributed by atoms with Crippen LogP contribution in [0.5, 0.6) is 0 Å². The molecule has 9 aliphatic carbocycles. The summed E-state index contributed by atoms with van der Waals surface area (Å²) in [4.78, 5) is 0. The Kier molecular flexibility index (Phi) is 13.1. The van der Waals surface area contributed by atoms with Crippen LogP contribution in [0.3, 0.4) is 0 Å². The Labute approximate surface area is 380 Å². The summed E-state index contributed by atoms with van der Waals surface area (Å²) in [6, 6.07) is 0. The van der Waals surface area contributed by atoms with Gasteiger partial charge in [0.05, 0.1) is 0 Å². The molecule has 11 heteroatoms. The first-order valence-electron chi connectivity index (χ1n) is 26.0. The van der Waals surface area contributed by atoms with Crippen molar-refractivity contribution in [2.75, 3.05) is 0 Å². The van der Waals surface area contributed by atoms with E-state index in [0.29, 0.717) is 27.7 Å². The maximum absolute atomic E-state index is 8.32. The molecule has 0 heterocycles. The van der Waals surface area contributed by atoms with E-state index in [4.69, 9.17) is 20.6 Å². The summed E-state index contributed by atoms with van der Waals surface area (Å²) in [6.07, 6.45) is 27.5. The minimum Gasteiger partial charge on any atom is -0.418 e. The third kappa shape index (κ3) is 9.11. The predicted molar refractivity (Wildman–Crippen MR) is 269 cm³/mol. The first-order valence-corrected chi connectivity index (χ1v) is 41.2. The van der Waals surface area contributed by atoms with Gasteiger partial charge in [0, 0.05) is 5.54 Å². The molecule has 0 N–H and O–H groups in total. The number of allylic oxidation sites excluding steroid dienone is 8. The SMILES string of the molecule is CC(C1=C2CCC(C2)C1)[Si](C)(C)O[SiH](O[Si](C)(C)C(C)C1=C2CCC(C2)C1)O[Si](O[Si](C)(C)C(C)C1=C2CCC(C2)C1)(O[Si](C)(C)C(C)C1=C2CCC(C2)C1)C1CCCCC1. The van der Waals surface area contributed by atoms with E-state index in [1.54, 1.807) is 44.6 Å². The van der Waals surface area contributed by atoms with Gasteiger partial charge in [-0.05, 0) is 214 Å². The third-order valence-electron chi connectivity index (χ3n) is 19.6. The maximum Gasteiger partial charge on any atom is 0.475 e. The van der Waals surface area contributed by atoms with Crippen molar-refractivity contribution in [3.63, 3.8) is 0 Å². The zero-order valence-electron chi connectivity index (χ0n) is 41.2. The molecule has 8 atom stereocenters. The average Bonchev–Trinajstić information content (AvgIpc) is 4.09. The van der Waals surface area contributed by atoms with Gasteiger partial charge < -0.3 is 20.6 Å². The smallest absolute Gasteiger partial charge is 0.418 e. The van der Waals surface area contributed by atoms with Crippen LogP contribution < -0.4 is 0 Å². The number of hydrogen-bond donors (Lipinski definition) is 0. The van der Waals surface area contributed by atoms with Crippen LogP contribution in [0.4, 0.5) is 0 Å². The summed E-state index contributed by atoms with van der Waals surface area (Å²) in [5.74, 6) is 3.48. The van der Waals surface area contributed by atoms with Crippen LogP contribution in [-0.2, 0) is 20.6 Å². The van der Waals surface area contributed by atoms with Gasteiger partial charge in [-0.15, -0.1) is 0 Å². The predicted octanol–water partition coefficient (Wildman–Crippen LogP) is 15.4. The van der Waals surface area contributed by atoms with Crippen molar-refractivity contribution in [2.45, 2.75) is 243 Å². The van der Waals surface area contributed by atoms with Crippen LogP contribution in [0.2, 0.25) is 80.1 Å². The van der Waals surface area contributed by atoms with Gasteiger partial charge in [0.25, 0.3) is 0 Å². The fraction of sp³-hybridized carbons (Fsp3) is 0.840. The zero-order chi connectivity index (χ0) is 43.3. The number of rotatable bonds is 19. The van der Waals surface area contributed by atoms with Gasteiger partial charge in [-0.3, -0.25) is 0 Å². The third-order valence-corrected chi connectivity index (χ3v) is 45.9. The van der Waals surface area contributed by atoms with E-state index >= 15 is 0 Å². The maximum atomic E-state index is 8.32. The Morgan fingerprint density at radius 1 is 0.393 bits per heavy atom. The van der Waals surface area contributed by atoms with E-state index in [9.17, 15) is 0 Å². The molecular weight excluding hydrogens is 849 g/mol. The average molecular weight is 938 g/mol. The van der Waals surface area contributed by atoms with Crippen molar-refractivity contribution in [2.24, 2.45) is 23.7 Å². The summed E-state index contributed by atoms with van der Waals surface area (Å²) >= 11 is 0. The van der Waals surface area contributed by atoms with Crippen LogP contribution in [0.15, 0.2) is 44.6 Å². The Morgan fingerprint density at radius 2 is 0.705 bits per heavy atom. The van der Waals surface area contributed by atoms with Crippen molar-refractivity contribution < 1.29 is 20.6 Å². The second-order valence-electron chi connectivity index (χ2n) is 24.9. The molecule has 0 saturated heterocycles. The lowest BCUT2D eigenvalue weighted by molar-refractivity contribution is 0.173. The van der Waals surface area contributed by atoms with Crippen LogP contribution in [0.25, 0.3) is 0 Å². The summed E-state index contributed by atoms with van der Waals surface area (Å²) in [7, 11) is -15.8. The highest BCUT2D eigenvalue weighted by atomic mass is 28.5. The highest BCUT2D eigenvalue weighted by molar-refractivity contribution is 6.91. The van der Waals surface area contributed by atoms with Gasteiger partial charge in [0.15, 0.2) is 33.3 Å². The van der Waals surface area contributed by atoms with Gasteiger partial charge in [-0.25, -0.2) is 0 Å². The van der Waals surface area contributed by atoms with Crippen molar-refractivity contribution in [1.82, 2.24) is 0 Å². The Balaban J connectivity index is 1.11. The Bertz CT molecular complexity index is 1710. The molecule has 5 fully saturated rings. The summed E-state index contributed by atoms with van der Waals surface area (Å²) in [6.45, 7) is 30.4. The number of hydrogen-bond acceptors (Lipinski definition) is 5. The minimum absolute atomic E-state index is 0.312. The second-order valence-corrected chi connectivity index (χ2v) is 48.2. The highest BCUT2D eigenvalue weighted by Crippen LogP contribution is 2.56. The van der Waals surface area contributed by atoms with Crippen molar-refractivity contribution in [1.29, 1.82) is 0 Å². The minimum atomic E-state index is -3.45. The molecule has 0 aliphatic heterocycles. The van der Waals surface area contributed by atoms with E-state index < -0.39 is 51.6 Å². The lowest BCUT2D eigenvalue weighted by atomic mass is 9.97. The highest BCUT2D eigenvalue weighted by Gasteiger charge is 2.61. The Morgan fingerprint density at radius 3 is 0.984 bits per heavy atom. The zero-order valence-corrected chi connectivity index (χ0v) is 47.3. The van der Waals surface area contributed by atoms with Gasteiger partial charge in [-0.2, -0.15) is 0 Å². The van der Waals surface area contributed by atoms with E-state index in [-0.39, 0.29) is 0 Å². The van der Waals surface area contributed by atoms with Crippen molar-refractivity contribution in [3.8, 4) is 0 Å². The van der Waals surface area contributed by atoms with Crippen molar-refractivity contribution >= 4 is 51.6 Å². The molecule has 0 radical (unpaired) electrons. The molecule has 9 aliphatic rings. The quantitative estimate of drug-likeness (QED) is 0.0954. The first-order chi connectivity index (χ1) is 28.7. The molecule has 8 unspecified atom stereocenters. The fourth-order valence-electron chi connectivity index (χ4n) is 14.6. The van der Waals surface area contributed by atoms with Gasteiger partial charge in [0.1, 0.15) is 0 Å². The Hall–Kier alpha value is 0.0613. The van der Waals surface area contributed by atoms with Crippen molar-refractivity contribution in [3.05, 3.63) is 44.6 Å². The van der Waals surface area contributed by atoms with E-state index in [2.05, 4.69) is 80.1 Å². The molecule has 0 spiro atoms. The standard InChI is InChI=1S/C50H88O5Si6/c1-34(47-30-38-18-22-42(47)26-38)57(5,6)51-56(52-58(7,8)35(2)48-31-39-19-23-43(48)27-39)53-61(46-16-14-13-15-17-46,54-59(9,10)36(3)49-32-40-20-24-44(49)28-40)55-60(11,12)37(4)50-33-41-21-25-45(50)29-41/h34-41,46,56H,13-33H2,1-12H3. The lowest BCUT2D eigenvalue weighted by Crippen LogP contribution is -2.66. The molecule has 0 aromatic heterocycles. The molecule has 9 rings (SSSR count). The van der Waals surface area contributed by atoms with Gasteiger partial charge in [-0.1, -0.05) is 91.5 Å².